The van der Waals surface area contributed by atoms with E-state index in [4.69, 9.17) is 19.9 Å². The Morgan fingerprint density at radius 1 is 1.53 bits per heavy atom. The van der Waals surface area contributed by atoms with Crippen LogP contribution in [-0.4, -0.2) is 49.5 Å². The molecule has 1 unspecified atom stereocenters. The van der Waals surface area contributed by atoms with Crippen LogP contribution in [0.1, 0.15) is 0 Å². The molecule has 0 bridgehead atoms. The highest BCUT2D eigenvalue weighted by Crippen LogP contribution is 2.26. The number of hydrogen-bond donors (Lipinski definition) is 2. The topological polar surface area (TPSA) is 91.5 Å². The molecule has 2 rings (SSSR count). The molecule has 1 atom stereocenters. The minimum atomic E-state index is 0.0182. The SMILES string of the molecule is COc1c(N)ncnc1NCC1COCCO1. The van der Waals surface area contributed by atoms with Crippen LogP contribution >= 0.6 is 0 Å². The maximum atomic E-state index is 5.67. The van der Waals surface area contributed by atoms with Crippen LogP contribution in [0.3, 0.4) is 0 Å². The van der Waals surface area contributed by atoms with Crippen LogP contribution in [0.5, 0.6) is 5.75 Å². The zero-order chi connectivity index (χ0) is 12.1. The van der Waals surface area contributed by atoms with E-state index >= 15 is 0 Å². The third kappa shape index (κ3) is 2.95. The van der Waals surface area contributed by atoms with Gasteiger partial charge in [0.1, 0.15) is 6.33 Å². The molecule has 7 heteroatoms. The summed E-state index contributed by atoms with van der Waals surface area (Å²) < 4.78 is 15.9. The standard InChI is InChI=1S/C10H16N4O3/c1-15-8-9(11)13-6-14-10(8)12-4-7-5-16-2-3-17-7/h6-7H,2-5H2,1H3,(H3,11,12,13,14). The highest BCUT2D eigenvalue weighted by atomic mass is 16.6. The van der Waals surface area contributed by atoms with Crippen LogP contribution in [0.2, 0.25) is 0 Å². The number of methoxy groups -OCH3 is 1. The van der Waals surface area contributed by atoms with E-state index in [2.05, 4.69) is 15.3 Å². The molecule has 1 aliphatic heterocycles. The molecular formula is C10H16N4O3. The van der Waals surface area contributed by atoms with E-state index in [9.17, 15) is 0 Å². The third-order valence-electron chi connectivity index (χ3n) is 2.42. The molecule has 1 saturated heterocycles. The Bertz CT molecular complexity index is 369. The van der Waals surface area contributed by atoms with Gasteiger partial charge < -0.3 is 25.3 Å². The number of nitrogens with two attached hydrogens (primary N) is 1. The van der Waals surface area contributed by atoms with E-state index in [0.717, 1.165) is 0 Å². The molecule has 0 spiro atoms. The molecule has 0 radical (unpaired) electrons. The van der Waals surface area contributed by atoms with Gasteiger partial charge in [0.2, 0.25) is 5.75 Å². The maximum absolute atomic E-state index is 5.67. The number of aromatic nitrogens is 2. The number of anilines is 2. The second-order valence-electron chi connectivity index (χ2n) is 3.59. The summed E-state index contributed by atoms with van der Waals surface area (Å²) >= 11 is 0. The van der Waals surface area contributed by atoms with Crippen molar-refractivity contribution in [2.45, 2.75) is 6.10 Å². The lowest BCUT2D eigenvalue weighted by molar-refractivity contribution is -0.0819. The second-order valence-corrected chi connectivity index (χ2v) is 3.59. The fourth-order valence-electron chi connectivity index (χ4n) is 1.58. The summed E-state index contributed by atoms with van der Waals surface area (Å²) in [6.45, 7) is 2.44. The molecule has 1 aromatic rings. The van der Waals surface area contributed by atoms with Crippen LogP contribution in [0, 0.1) is 0 Å². The van der Waals surface area contributed by atoms with Crippen LogP contribution in [0.25, 0.3) is 0 Å². The second kappa shape index (κ2) is 5.65. The smallest absolute Gasteiger partial charge is 0.203 e. The molecule has 7 nitrogen and oxygen atoms in total. The van der Waals surface area contributed by atoms with Gasteiger partial charge in [-0.05, 0) is 0 Å². The van der Waals surface area contributed by atoms with Gasteiger partial charge >= 0.3 is 0 Å². The molecule has 0 amide bonds. The Labute approximate surface area is 99.3 Å². The first-order chi connectivity index (χ1) is 8.31. The Balaban J connectivity index is 1.95. The summed E-state index contributed by atoms with van der Waals surface area (Å²) in [7, 11) is 1.53. The third-order valence-corrected chi connectivity index (χ3v) is 2.42. The number of hydrogen-bond acceptors (Lipinski definition) is 7. The van der Waals surface area contributed by atoms with Gasteiger partial charge in [0, 0.05) is 6.54 Å². The minimum absolute atomic E-state index is 0.0182. The Morgan fingerprint density at radius 2 is 2.41 bits per heavy atom. The van der Waals surface area contributed by atoms with E-state index < -0.39 is 0 Å². The van der Waals surface area contributed by atoms with Gasteiger partial charge in [0.25, 0.3) is 0 Å². The van der Waals surface area contributed by atoms with E-state index in [1.807, 2.05) is 0 Å². The van der Waals surface area contributed by atoms with E-state index in [1.54, 1.807) is 0 Å². The van der Waals surface area contributed by atoms with Gasteiger partial charge in [-0.15, -0.1) is 0 Å². The molecule has 0 saturated carbocycles. The molecule has 2 heterocycles. The van der Waals surface area contributed by atoms with Crippen molar-refractivity contribution >= 4 is 11.6 Å². The molecule has 17 heavy (non-hydrogen) atoms. The Morgan fingerprint density at radius 3 is 3.12 bits per heavy atom. The van der Waals surface area contributed by atoms with Gasteiger partial charge in [-0.25, -0.2) is 9.97 Å². The number of ether oxygens (including phenoxy) is 3. The summed E-state index contributed by atoms with van der Waals surface area (Å²) in [5.41, 5.74) is 5.67. The monoisotopic (exact) mass is 240 g/mol. The highest BCUT2D eigenvalue weighted by molar-refractivity contribution is 5.61. The summed E-state index contributed by atoms with van der Waals surface area (Å²) in [6, 6.07) is 0. The molecule has 1 aliphatic rings. The molecule has 1 fully saturated rings. The lowest BCUT2D eigenvalue weighted by atomic mass is 10.3. The summed E-state index contributed by atoms with van der Waals surface area (Å²) in [5, 5.41) is 3.11. The van der Waals surface area contributed by atoms with Gasteiger partial charge in [-0.3, -0.25) is 0 Å². The van der Waals surface area contributed by atoms with Crippen molar-refractivity contribution in [3.8, 4) is 5.75 Å². The lowest BCUT2D eigenvalue weighted by Crippen LogP contribution is -2.34. The van der Waals surface area contributed by atoms with Gasteiger partial charge in [0.05, 0.1) is 33.0 Å². The normalized spacial score (nSPS) is 19.9. The Hall–Kier alpha value is -1.60. The Kier molecular flexibility index (Phi) is 3.94. The minimum Gasteiger partial charge on any atom is -0.490 e. The predicted molar refractivity (Wildman–Crippen MR) is 62.0 cm³/mol. The molecule has 1 aromatic heterocycles. The van der Waals surface area contributed by atoms with Crippen LogP contribution in [0.15, 0.2) is 6.33 Å². The highest BCUT2D eigenvalue weighted by Gasteiger charge is 2.16. The summed E-state index contributed by atoms with van der Waals surface area (Å²) in [6.07, 6.45) is 1.41. The molecule has 3 N–H and O–H groups in total. The van der Waals surface area contributed by atoms with E-state index in [0.29, 0.717) is 43.8 Å². The fraction of sp³-hybridized carbons (Fsp3) is 0.600. The van der Waals surface area contributed by atoms with Crippen LogP contribution in [0.4, 0.5) is 11.6 Å². The maximum Gasteiger partial charge on any atom is 0.203 e. The van der Waals surface area contributed by atoms with Crippen molar-refractivity contribution in [1.29, 1.82) is 0 Å². The number of nitrogens with zero attached hydrogens (tertiary/aromatic N) is 2. The van der Waals surface area contributed by atoms with Crippen molar-refractivity contribution in [3.05, 3.63) is 6.33 Å². The average Bonchev–Trinajstić information content (AvgIpc) is 2.37. The number of rotatable bonds is 4. The molecule has 94 valence electrons. The largest absolute Gasteiger partial charge is 0.490 e. The van der Waals surface area contributed by atoms with E-state index in [-0.39, 0.29) is 6.10 Å². The van der Waals surface area contributed by atoms with Crippen LogP contribution < -0.4 is 15.8 Å². The zero-order valence-electron chi connectivity index (χ0n) is 9.68. The van der Waals surface area contributed by atoms with Crippen molar-refractivity contribution < 1.29 is 14.2 Å². The van der Waals surface area contributed by atoms with Crippen LogP contribution in [-0.2, 0) is 9.47 Å². The van der Waals surface area contributed by atoms with Crippen molar-refractivity contribution in [1.82, 2.24) is 9.97 Å². The predicted octanol–water partition coefficient (Wildman–Crippen LogP) is -0.105. The average molecular weight is 240 g/mol. The van der Waals surface area contributed by atoms with Crippen molar-refractivity contribution in [2.24, 2.45) is 0 Å². The van der Waals surface area contributed by atoms with Gasteiger partial charge in [-0.1, -0.05) is 0 Å². The van der Waals surface area contributed by atoms with E-state index in [1.165, 1.54) is 13.4 Å². The molecule has 0 aromatic carbocycles. The first kappa shape index (κ1) is 11.9. The first-order valence-electron chi connectivity index (χ1n) is 5.39. The van der Waals surface area contributed by atoms with Crippen molar-refractivity contribution in [3.63, 3.8) is 0 Å². The van der Waals surface area contributed by atoms with Gasteiger partial charge in [-0.2, -0.15) is 0 Å². The molecule has 0 aliphatic carbocycles. The fourth-order valence-corrected chi connectivity index (χ4v) is 1.58. The number of nitrogen functional groups attached to an aromatic ring is 1. The van der Waals surface area contributed by atoms with Crippen molar-refractivity contribution in [2.75, 3.05) is 44.5 Å². The quantitative estimate of drug-likeness (QED) is 0.759. The summed E-state index contributed by atoms with van der Waals surface area (Å²) in [5.74, 6) is 1.32. The number of nitrogens with one attached hydrogen (secondary N) is 1. The van der Waals surface area contributed by atoms with Gasteiger partial charge in [0.15, 0.2) is 11.6 Å². The molecular weight excluding hydrogens is 224 g/mol. The zero-order valence-corrected chi connectivity index (χ0v) is 9.68. The lowest BCUT2D eigenvalue weighted by Gasteiger charge is -2.23. The first-order valence-corrected chi connectivity index (χ1v) is 5.39. The summed E-state index contributed by atoms with van der Waals surface area (Å²) in [4.78, 5) is 7.92.